The second kappa shape index (κ2) is 17.2. The van der Waals surface area contributed by atoms with E-state index < -0.39 is 35.6 Å². The van der Waals surface area contributed by atoms with Gasteiger partial charge in [0, 0.05) is 36.2 Å². The molecule has 7 N–H and O–H groups in total. The van der Waals surface area contributed by atoms with Gasteiger partial charge in [0.15, 0.2) is 5.82 Å². The van der Waals surface area contributed by atoms with Crippen molar-refractivity contribution in [2.75, 3.05) is 18.9 Å². The summed E-state index contributed by atoms with van der Waals surface area (Å²) in [5.74, 6) is -16.5. The Kier molecular flexibility index (Phi) is 13.2. The van der Waals surface area contributed by atoms with Gasteiger partial charge in [-0.05, 0) is 104 Å². The van der Waals surface area contributed by atoms with Gasteiger partial charge < -0.3 is 31.8 Å². The van der Waals surface area contributed by atoms with E-state index in [1.165, 1.54) is 24.3 Å². The highest BCUT2D eigenvalue weighted by Gasteiger charge is 2.65. The molecule has 0 spiro atoms. The number of hydrogen-bond acceptors (Lipinski definition) is 7. The molecule has 4 aromatic rings. The van der Waals surface area contributed by atoms with Crippen LogP contribution in [0.25, 0.3) is 22.5 Å². The van der Waals surface area contributed by atoms with Crippen molar-refractivity contribution in [3.05, 3.63) is 89.2 Å². The van der Waals surface area contributed by atoms with Gasteiger partial charge >= 0.3 is 17.8 Å². The summed E-state index contributed by atoms with van der Waals surface area (Å²) in [5, 5.41) is 23.3. The molecule has 1 heterocycles. The average Bonchev–Trinajstić information content (AvgIpc) is 3.66. The molecule has 5 rings (SSSR count). The normalized spacial score (nSPS) is 16.4. The third kappa shape index (κ3) is 9.05. The number of aromatic nitrogens is 3. The van der Waals surface area contributed by atoms with Crippen LogP contribution >= 0.6 is 12.4 Å². The molecule has 1 saturated carbocycles. The van der Waals surface area contributed by atoms with Gasteiger partial charge in [-0.2, -0.15) is 17.6 Å². The summed E-state index contributed by atoms with van der Waals surface area (Å²) in [7, 11) is 1.56. The highest BCUT2D eigenvalue weighted by molar-refractivity contribution is 5.98. The number of carboxylic acids is 1. The van der Waals surface area contributed by atoms with Crippen LogP contribution in [0.2, 0.25) is 0 Å². The SMILES string of the molecule is CNC(=O)c1ccc(C)c(-c2ccc(C[C@H](NC(=O)[C@H]3CC[C@H](CN)CC3)C(=O)Nc3ccc(-c4nnc(C(F)(F)C(F)(F)C(=O)O)[nH]4)cc3)cc2)c1.Cl. The number of carboxylic acid groups (broad SMARTS) is 1. The first-order valence-corrected chi connectivity index (χ1v) is 16.9. The molecule has 1 aromatic heterocycles. The quantitative estimate of drug-likeness (QED) is 0.0964. The molecule has 0 radical (unpaired) electrons. The highest BCUT2D eigenvalue weighted by atomic mass is 35.5. The molecule has 54 heavy (non-hydrogen) atoms. The van der Waals surface area contributed by atoms with Crippen LogP contribution in [-0.2, 0) is 26.7 Å². The first-order valence-electron chi connectivity index (χ1n) is 16.9. The molecule has 0 bridgehead atoms. The molecule has 1 aliphatic carbocycles. The Morgan fingerprint density at radius 1 is 0.926 bits per heavy atom. The minimum Gasteiger partial charge on any atom is -0.477 e. The minimum absolute atomic E-state index is 0. The maximum Gasteiger partial charge on any atom is 0.411 e. The van der Waals surface area contributed by atoms with Gasteiger partial charge in [-0.15, -0.1) is 22.6 Å². The number of amides is 3. The Labute approximate surface area is 314 Å². The van der Waals surface area contributed by atoms with Gasteiger partial charge in [0.1, 0.15) is 6.04 Å². The number of H-pyrrole nitrogens is 1. The predicted octanol–water partition coefficient (Wildman–Crippen LogP) is 5.47. The number of anilines is 1. The van der Waals surface area contributed by atoms with Crippen LogP contribution in [0.5, 0.6) is 0 Å². The van der Waals surface area contributed by atoms with Gasteiger partial charge in [0.2, 0.25) is 17.6 Å². The van der Waals surface area contributed by atoms with Gasteiger partial charge in [0.05, 0.1) is 0 Å². The van der Waals surface area contributed by atoms with E-state index in [9.17, 15) is 36.7 Å². The van der Waals surface area contributed by atoms with Crippen LogP contribution < -0.4 is 21.7 Å². The molecule has 1 aliphatic rings. The van der Waals surface area contributed by atoms with E-state index in [4.69, 9.17) is 10.8 Å². The first-order chi connectivity index (χ1) is 25.1. The lowest BCUT2D eigenvalue weighted by molar-refractivity contribution is -0.231. The Morgan fingerprint density at radius 2 is 1.56 bits per heavy atom. The third-order valence-electron chi connectivity index (χ3n) is 9.49. The Morgan fingerprint density at radius 3 is 2.15 bits per heavy atom. The molecule has 3 amide bonds. The number of nitrogens with two attached hydrogens (primary N) is 1. The van der Waals surface area contributed by atoms with Crippen molar-refractivity contribution >= 4 is 41.8 Å². The first kappa shape index (κ1) is 41.4. The van der Waals surface area contributed by atoms with Crippen molar-refractivity contribution in [1.82, 2.24) is 25.8 Å². The molecule has 1 fully saturated rings. The van der Waals surface area contributed by atoms with Crippen LogP contribution in [0, 0.1) is 18.8 Å². The number of halogens is 5. The summed E-state index contributed by atoms with van der Waals surface area (Å²) in [4.78, 5) is 52.0. The van der Waals surface area contributed by atoms with E-state index >= 15 is 0 Å². The molecule has 3 aromatic carbocycles. The van der Waals surface area contributed by atoms with Gasteiger partial charge in [-0.3, -0.25) is 14.4 Å². The fourth-order valence-electron chi connectivity index (χ4n) is 6.19. The van der Waals surface area contributed by atoms with Gasteiger partial charge in [-0.1, -0.05) is 30.3 Å². The van der Waals surface area contributed by atoms with Crippen LogP contribution in [-0.4, -0.2) is 69.5 Å². The van der Waals surface area contributed by atoms with Crippen LogP contribution in [0.4, 0.5) is 23.2 Å². The number of aryl methyl sites for hydroxylation is 1. The molecule has 1 atom stereocenters. The zero-order valence-electron chi connectivity index (χ0n) is 29.3. The number of benzene rings is 3. The number of nitrogens with zero attached hydrogens (tertiary/aromatic N) is 2. The fraction of sp³-hybridized carbons (Fsp3) is 0.351. The van der Waals surface area contributed by atoms with Crippen LogP contribution in [0.3, 0.4) is 0 Å². The summed E-state index contributed by atoms with van der Waals surface area (Å²) < 4.78 is 55.7. The molecular weight excluding hydrogens is 734 g/mol. The van der Waals surface area contributed by atoms with E-state index in [0.717, 1.165) is 35.1 Å². The molecule has 0 unspecified atom stereocenters. The zero-order chi connectivity index (χ0) is 38.5. The fourth-order valence-corrected chi connectivity index (χ4v) is 6.19. The van der Waals surface area contributed by atoms with Crippen molar-refractivity contribution in [2.24, 2.45) is 17.6 Å². The van der Waals surface area contributed by atoms with Gasteiger partial charge in [0.25, 0.3) is 5.91 Å². The molecule has 0 aliphatic heterocycles. The minimum atomic E-state index is -5.44. The van der Waals surface area contributed by atoms with Crippen molar-refractivity contribution in [3.63, 3.8) is 0 Å². The Balaban J connectivity index is 0.00000650. The van der Waals surface area contributed by atoms with E-state index in [1.807, 2.05) is 42.2 Å². The Bertz CT molecular complexity index is 1970. The van der Waals surface area contributed by atoms with Crippen molar-refractivity contribution < 1.29 is 41.8 Å². The molecule has 12 nitrogen and oxygen atoms in total. The van der Waals surface area contributed by atoms with Crippen LogP contribution in [0.15, 0.2) is 66.7 Å². The lowest BCUT2D eigenvalue weighted by Gasteiger charge is -2.28. The van der Waals surface area contributed by atoms with Crippen molar-refractivity contribution in [3.8, 4) is 22.5 Å². The molecule has 288 valence electrons. The number of carbonyl (C=O) groups is 4. The number of aromatic amines is 1. The standard InChI is InChI=1S/C37H39F4N7O5.ClH/c1-20-3-8-26(31(49)43-2)18-28(20)23-9-4-21(5-10-23)17-29(45-32(50)25-11-6-22(19-42)7-12-25)33(51)44-27-15-13-24(14-16-27)30-46-34(48-47-30)36(38,39)37(40,41)35(52)53;/h3-5,8-10,13-16,18,22,25,29H,6-7,11-12,17,19,42H2,1-2H3,(H,43,49)(H,44,51)(H,45,50)(H,52,53)(H,46,47,48);1H/t22-,25-,29-;/m0./s1. The van der Waals surface area contributed by atoms with E-state index in [-0.39, 0.29) is 53.6 Å². The average molecular weight is 774 g/mol. The topological polar surface area (TPSA) is 192 Å². The molecular formula is C37H40ClF4N7O5. The number of hydrogen-bond donors (Lipinski definition) is 6. The number of nitrogens with one attached hydrogen (secondary N) is 4. The van der Waals surface area contributed by atoms with Crippen LogP contribution in [0.1, 0.15) is 53.0 Å². The maximum absolute atomic E-state index is 14.2. The van der Waals surface area contributed by atoms with Gasteiger partial charge in [-0.25, -0.2) is 4.79 Å². The van der Waals surface area contributed by atoms with E-state index in [1.54, 1.807) is 19.2 Å². The maximum atomic E-state index is 14.2. The number of aliphatic carboxylic acids is 1. The Hall–Kier alpha value is -5.35. The lowest BCUT2D eigenvalue weighted by atomic mass is 9.81. The smallest absolute Gasteiger partial charge is 0.411 e. The third-order valence-corrected chi connectivity index (χ3v) is 9.49. The van der Waals surface area contributed by atoms with Crippen molar-refractivity contribution in [2.45, 2.75) is 56.9 Å². The zero-order valence-corrected chi connectivity index (χ0v) is 30.1. The summed E-state index contributed by atoms with van der Waals surface area (Å²) in [6, 6.07) is 17.4. The highest BCUT2D eigenvalue weighted by Crippen LogP contribution is 2.42. The second-order valence-corrected chi connectivity index (χ2v) is 13.1. The monoisotopic (exact) mass is 773 g/mol. The lowest BCUT2D eigenvalue weighted by Crippen LogP contribution is -2.48. The largest absolute Gasteiger partial charge is 0.477 e. The number of carbonyl (C=O) groups excluding carboxylic acids is 3. The summed E-state index contributed by atoms with van der Waals surface area (Å²) in [5.41, 5.74) is 10.2. The number of rotatable bonds is 13. The van der Waals surface area contributed by atoms with E-state index in [2.05, 4.69) is 26.1 Å². The second-order valence-electron chi connectivity index (χ2n) is 13.1. The van der Waals surface area contributed by atoms with E-state index in [0.29, 0.717) is 30.9 Å². The van der Waals surface area contributed by atoms with Crippen molar-refractivity contribution in [1.29, 1.82) is 0 Å². The summed E-state index contributed by atoms with van der Waals surface area (Å²) >= 11 is 0. The number of alkyl halides is 4. The summed E-state index contributed by atoms with van der Waals surface area (Å²) in [6.45, 7) is 2.49. The summed E-state index contributed by atoms with van der Waals surface area (Å²) in [6.07, 6.45) is 3.06. The predicted molar refractivity (Wildman–Crippen MR) is 194 cm³/mol. The molecule has 0 saturated heterocycles. The molecule has 17 heteroatoms.